The number of thioether (sulfide) groups is 2. The second kappa shape index (κ2) is 12.8. The van der Waals surface area contributed by atoms with Crippen LogP contribution >= 0.6 is 50.8 Å². The number of anilines is 1. The van der Waals surface area contributed by atoms with Crippen LogP contribution in [0.2, 0.25) is 0 Å². The van der Waals surface area contributed by atoms with E-state index in [4.69, 9.17) is 0 Å². The van der Waals surface area contributed by atoms with Gasteiger partial charge in [0.2, 0.25) is 5.91 Å². The predicted molar refractivity (Wildman–Crippen MR) is 176 cm³/mol. The van der Waals surface area contributed by atoms with Gasteiger partial charge in [0, 0.05) is 29.2 Å². The first-order valence-corrected chi connectivity index (χ1v) is 16.6. The van der Waals surface area contributed by atoms with E-state index in [1.54, 1.807) is 0 Å². The van der Waals surface area contributed by atoms with Crippen LogP contribution in [-0.4, -0.2) is 42.9 Å². The molecule has 0 atom stereocenters. The van der Waals surface area contributed by atoms with Crippen LogP contribution in [0.25, 0.3) is 21.0 Å². The highest BCUT2D eigenvalue weighted by Gasteiger charge is 2.15. The molecule has 0 radical (unpaired) electrons. The lowest BCUT2D eigenvalue weighted by atomic mass is 10.0. The fourth-order valence-electron chi connectivity index (χ4n) is 4.46. The molecule has 11 heteroatoms. The van der Waals surface area contributed by atoms with Crippen LogP contribution in [0.1, 0.15) is 21.7 Å². The molecule has 2 heterocycles. The van der Waals surface area contributed by atoms with Gasteiger partial charge in [-0.3, -0.25) is 9.59 Å². The van der Waals surface area contributed by atoms with Crippen molar-refractivity contribution in [2.45, 2.75) is 15.9 Å². The Morgan fingerprint density at radius 2 is 1.74 bits per heavy atom. The molecule has 6 rings (SSSR count). The monoisotopic (exact) mass is 673 g/mol. The van der Waals surface area contributed by atoms with E-state index in [0.29, 0.717) is 28.6 Å². The quantitative estimate of drug-likeness (QED) is 0.118. The summed E-state index contributed by atoms with van der Waals surface area (Å²) in [7, 11) is 1.93. The predicted octanol–water partition coefficient (Wildman–Crippen LogP) is 7.64. The van der Waals surface area contributed by atoms with Crippen LogP contribution < -0.4 is 5.32 Å². The molecule has 2 aromatic heterocycles. The first-order valence-electron chi connectivity index (χ1n) is 13.0. The summed E-state index contributed by atoms with van der Waals surface area (Å²) in [6, 6.07) is 27.6. The number of hydrogen-bond acceptors (Lipinski definition) is 8. The Morgan fingerprint density at radius 3 is 2.60 bits per heavy atom. The van der Waals surface area contributed by atoms with E-state index in [1.807, 2.05) is 66.2 Å². The van der Waals surface area contributed by atoms with Gasteiger partial charge in [-0.15, -0.1) is 21.5 Å². The van der Waals surface area contributed by atoms with Crippen molar-refractivity contribution in [1.29, 1.82) is 0 Å². The number of thiazole rings is 1. The number of hydrogen-bond donors (Lipinski definition) is 1. The molecule has 42 heavy (non-hydrogen) atoms. The Kier molecular flexibility index (Phi) is 8.71. The molecule has 0 aliphatic carbocycles. The first-order chi connectivity index (χ1) is 20.4. The second-order valence-electron chi connectivity index (χ2n) is 9.49. The molecule has 7 nitrogen and oxygen atoms in total. The Labute approximate surface area is 263 Å². The number of Topliss-reactive ketones (excluding diaryl/α,β-unsaturated/α-hetero) is 1. The summed E-state index contributed by atoms with van der Waals surface area (Å²) in [6.45, 7) is 0. The number of nitrogens with one attached hydrogen (secondary N) is 1. The van der Waals surface area contributed by atoms with Gasteiger partial charge in [0.05, 0.1) is 21.7 Å². The molecule has 0 aliphatic rings. The Bertz CT molecular complexity index is 1910. The number of halogens is 1. The number of fused-ring (bicyclic) bond motifs is 2. The molecular weight excluding hydrogens is 650 g/mol. The Morgan fingerprint density at radius 1 is 0.929 bits per heavy atom. The Balaban J connectivity index is 1.04. The summed E-state index contributed by atoms with van der Waals surface area (Å²) in [5.74, 6) is 1.30. The lowest BCUT2D eigenvalue weighted by molar-refractivity contribution is -0.113. The highest BCUT2D eigenvalue weighted by molar-refractivity contribution is 9.10. The third kappa shape index (κ3) is 6.59. The molecule has 6 aromatic rings. The number of rotatable bonds is 10. The molecule has 0 saturated heterocycles. The van der Waals surface area contributed by atoms with Crippen molar-refractivity contribution in [2.24, 2.45) is 7.05 Å². The van der Waals surface area contributed by atoms with Crippen molar-refractivity contribution >= 4 is 89.2 Å². The summed E-state index contributed by atoms with van der Waals surface area (Å²) in [6.07, 6.45) is 0.658. The third-order valence-corrected chi connectivity index (χ3v) is 10.3. The average molecular weight is 675 g/mol. The van der Waals surface area contributed by atoms with Crippen molar-refractivity contribution < 1.29 is 9.59 Å². The van der Waals surface area contributed by atoms with Crippen molar-refractivity contribution in [3.63, 3.8) is 0 Å². The fraction of sp³-hybridized carbons (Fsp3) is 0.129. The molecule has 0 fully saturated rings. The van der Waals surface area contributed by atoms with E-state index in [-0.39, 0.29) is 17.4 Å². The van der Waals surface area contributed by atoms with Crippen LogP contribution in [0.3, 0.4) is 0 Å². The molecule has 0 spiro atoms. The lowest BCUT2D eigenvalue weighted by Gasteiger charge is -2.07. The maximum atomic E-state index is 12.8. The fourth-order valence-corrected chi connectivity index (χ4v) is 7.45. The zero-order chi connectivity index (χ0) is 29.1. The molecule has 0 unspecified atom stereocenters. The van der Waals surface area contributed by atoms with Crippen molar-refractivity contribution in [1.82, 2.24) is 19.7 Å². The number of ketones is 1. The summed E-state index contributed by atoms with van der Waals surface area (Å²) in [5.41, 5.74) is 3.41. The van der Waals surface area contributed by atoms with Gasteiger partial charge in [-0.2, -0.15) is 0 Å². The number of benzene rings is 4. The highest BCUT2D eigenvalue weighted by atomic mass is 79.9. The summed E-state index contributed by atoms with van der Waals surface area (Å²) in [5, 5.41) is 14.8. The maximum absolute atomic E-state index is 12.8. The molecule has 4 aromatic carbocycles. The standard InChI is InChI=1S/C31H24BrN5O2S3/c1-37-28(15-21-7-4-6-19-5-2-3-8-24(19)21)35-36-30(37)40-18-29(39)33-23-13-14-25-27(16-23)42-31(34-25)41-17-26(38)20-9-11-22(32)12-10-20/h2-14,16H,15,17-18H2,1H3,(H,33,39). The van der Waals surface area contributed by atoms with Gasteiger partial charge in [0.1, 0.15) is 5.82 Å². The van der Waals surface area contributed by atoms with Gasteiger partial charge in [-0.25, -0.2) is 4.98 Å². The van der Waals surface area contributed by atoms with Gasteiger partial charge in [-0.1, -0.05) is 94.1 Å². The highest BCUT2D eigenvalue weighted by Crippen LogP contribution is 2.32. The number of amides is 1. The molecule has 0 saturated carbocycles. The largest absolute Gasteiger partial charge is 0.325 e. The van der Waals surface area contributed by atoms with Crippen LogP contribution in [-0.2, 0) is 18.3 Å². The van der Waals surface area contributed by atoms with Crippen LogP contribution in [0, 0.1) is 0 Å². The van der Waals surface area contributed by atoms with Crippen molar-refractivity contribution in [3.8, 4) is 0 Å². The summed E-state index contributed by atoms with van der Waals surface area (Å²) in [4.78, 5) is 29.9. The zero-order valence-corrected chi connectivity index (χ0v) is 26.4. The molecule has 1 N–H and O–H groups in total. The Hall–Kier alpha value is -3.51. The second-order valence-corrected chi connectivity index (χ2v) is 13.6. The minimum Gasteiger partial charge on any atom is -0.325 e. The maximum Gasteiger partial charge on any atom is 0.234 e. The van der Waals surface area contributed by atoms with E-state index in [1.165, 1.54) is 51.2 Å². The molecular formula is C31H24BrN5O2S3. The number of aromatic nitrogens is 4. The van der Waals surface area contributed by atoms with Crippen molar-refractivity contribution in [3.05, 3.63) is 106 Å². The SMILES string of the molecule is Cn1c(Cc2cccc3ccccc23)nnc1SCC(=O)Nc1ccc2nc(SCC(=O)c3ccc(Br)cc3)sc2c1. The van der Waals surface area contributed by atoms with Gasteiger partial charge < -0.3 is 9.88 Å². The van der Waals surface area contributed by atoms with Crippen LogP contribution in [0.4, 0.5) is 5.69 Å². The van der Waals surface area contributed by atoms with Gasteiger partial charge in [0.25, 0.3) is 0 Å². The van der Waals surface area contributed by atoms with E-state index >= 15 is 0 Å². The summed E-state index contributed by atoms with van der Waals surface area (Å²) >= 11 is 7.68. The average Bonchev–Trinajstić information content (AvgIpc) is 3.57. The van der Waals surface area contributed by atoms with E-state index in [0.717, 1.165) is 24.9 Å². The molecule has 1 amide bonds. The van der Waals surface area contributed by atoms with Gasteiger partial charge in [-0.05, 0) is 46.7 Å². The minimum atomic E-state index is -0.128. The van der Waals surface area contributed by atoms with Crippen LogP contribution in [0.5, 0.6) is 0 Å². The molecule has 0 aliphatic heterocycles. The van der Waals surface area contributed by atoms with Crippen LogP contribution in [0.15, 0.2) is 98.9 Å². The summed E-state index contributed by atoms with van der Waals surface area (Å²) < 4.78 is 4.65. The topological polar surface area (TPSA) is 89.8 Å². The number of nitrogens with zero attached hydrogens (tertiary/aromatic N) is 4. The lowest BCUT2D eigenvalue weighted by Crippen LogP contribution is -2.14. The van der Waals surface area contributed by atoms with E-state index < -0.39 is 0 Å². The van der Waals surface area contributed by atoms with E-state index in [9.17, 15) is 9.59 Å². The van der Waals surface area contributed by atoms with Gasteiger partial charge in [0.15, 0.2) is 15.3 Å². The third-order valence-electron chi connectivity index (χ3n) is 6.63. The van der Waals surface area contributed by atoms with Gasteiger partial charge >= 0.3 is 0 Å². The van der Waals surface area contributed by atoms with Crippen molar-refractivity contribution in [2.75, 3.05) is 16.8 Å². The normalized spacial score (nSPS) is 11.3. The number of carbonyl (C=O) groups is 2. The molecule has 210 valence electrons. The zero-order valence-electron chi connectivity index (χ0n) is 22.4. The first kappa shape index (κ1) is 28.6. The van der Waals surface area contributed by atoms with E-state index in [2.05, 4.69) is 66.8 Å². The number of carbonyl (C=O) groups excluding carboxylic acids is 2. The smallest absolute Gasteiger partial charge is 0.234 e. The molecule has 0 bridgehead atoms. The minimum absolute atomic E-state index is 0.0563.